The number of carbonyl (C=O) groups excluding carboxylic acids is 2. The van der Waals surface area contributed by atoms with Gasteiger partial charge in [0.1, 0.15) is 5.75 Å². The summed E-state index contributed by atoms with van der Waals surface area (Å²) in [6.45, 7) is 3.02. The van der Waals surface area contributed by atoms with Gasteiger partial charge in [0.2, 0.25) is 0 Å². The third-order valence-corrected chi connectivity index (χ3v) is 2.84. The Morgan fingerprint density at radius 1 is 1.44 bits per heavy atom. The predicted molar refractivity (Wildman–Crippen MR) is 63.4 cm³/mol. The number of Topliss-reactive ketones (excluding diaryl/α,β-unsaturated/α-hetero) is 1. The number of nitrogens with one attached hydrogen (secondary N) is 1. The predicted octanol–water partition coefficient (Wildman–Crippen LogP) is 1.86. The normalized spacial score (nSPS) is 11.9. The Morgan fingerprint density at radius 3 is 2.56 bits per heavy atom. The van der Waals surface area contributed by atoms with Gasteiger partial charge in [0.25, 0.3) is 5.91 Å². The minimum Gasteiger partial charge on any atom is -0.507 e. The lowest BCUT2D eigenvalue weighted by molar-refractivity contribution is -0.118. The van der Waals surface area contributed by atoms with E-state index in [0.717, 1.165) is 0 Å². The van der Waals surface area contributed by atoms with E-state index in [2.05, 4.69) is 21.2 Å². The zero-order chi connectivity index (χ0) is 12.3. The number of phenolic OH excluding ortho intramolecular Hbond substituents is 1. The Bertz CT molecular complexity index is 431. The van der Waals surface area contributed by atoms with Crippen LogP contribution in [-0.4, -0.2) is 22.8 Å². The fourth-order valence-corrected chi connectivity index (χ4v) is 1.28. The molecule has 0 spiro atoms. The van der Waals surface area contributed by atoms with Crippen LogP contribution in [0.15, 0.2) is 22.7 Å². The van der Waals surface area contributed by atoms with Gasteiger partial charge < -0.3 is 10.4 Å². The summed E-state index contributed by atoms with van der Waals surface area (Å²) in [5, 5.41) is 11.9. The number of hydrogen-bond acceptors (Lipinski definition) is 3. The fourth-order valence-electron chi connectivity index (χ4n) is 1.04. The van der Waals surface area contributed by atoms with E-state index in [-0.39, 0.29) is 17.4 Å². The van der Waals surface area contributed by atoms with Gasteiger partial charge in [0.15, 0.2) is 5.78 Å². The van der Waals surface area contributed by atoms with Gasteiger partial charge in [-0.3, -0.25) is 9.59 Å². The lowest BCUT2D eigenvalue weighted by atomic mass is 10.1. The van der Waals surface area contributed by atoms with Crippen LogP contribution in [0.5, 0.6) is 5.75 Å². The summed E-state index contributed by atoms with van der Waals surface area (Å²) in [5.74, 6) is -0.511. The van der Waals surface area contributed by atoms with E-state index < -0.39 is 6.04 Å². The molecule has 1 atom stereocenters. The summed E-state index contributed by atoms with van der Waals surface area (Å²) >= 11 is 3.12. The molecule has 0 aliphatic heterocycles. The molecule has 0 aliphatic rings. The van der Waals surface area contributed by atoms with Gasteiger partial charge in [0, 0.05) is 5.56 Å². The topological polar surface area (TPSA) is 66.4 Å². The number of rotatable bonds is 3. The van der Waals surface area contributed by atoms with Crippen molar-refractivity contribution < 1.29 is 14.7 Å². The van der Waals surface area contributed by atoms with E-state index in [1.165, 1.54) is 13.0 Å². The maximum Gasteiger partial charge on any atom is 0.251 e. The molecule has 0 bridgehead atoms. The molecular formula is C11H12BrNO3. The molecule has 0 heterocycles. The van der Waals surface area contributed by atoms with Gasteiger partial charge in [-0.15, -0.1) is 0 Å². The first-order chi connectivity index (χ1) is 7.41. The van der Waals surface area contributed by atoms with Crippen molar-refractivity contribution in [3.05, 3.63) is 28.2 Å². The molecule has 2 N–H and O–H groups in total. The average molecular weight is 286 g/mol. The highest BCUT2D eigenvalue weighted by Gasteiger charge is 2.13. The first kappa shape index (κ1) is 12.7. The summed E-state index contributed by atoms with van der Waals surface area (Å²) in [6.07, 6.45) is 0. The molecule has 86 valence electrons. The molecule has 0 saturated carbocycles. The third kappa shape index (κ3) is 3.06. The number of carbonyl (C=O) groups is 2. The Kier molecular flexibility index (Phi) is 4.06. The molecular weight excluding hydrogens is 274 g/mol. The first-order valence-electron chi connectivity index (χ1n) is 4.71. The van der Waals surface area contributed by atoms with Crippen molar-refractivity contribution in [2.75, 3.05) is 0 Å². The second-order valence-electron chi connectivity index (χ2n) is 3.47. The van der Waals surface area contributed by atoms with Gasteiger partial charge in [-0.1, -0.05) is 0 Å². The molecule has 1 rings (SSSR count). The van der Waals surface area contributed by atoms with Gasteiger partial charge >= 0.3 is 0 Å². The molecule has 1 aromatic rings. The minimum absolute atomic E-state index is 0.0110. The zero-order valence-electron chi connectivity index (χ0n) is 8.95. The Hall–Kier alpha value is -1.36. The van der Waals surface area contributed by atoms with Crippen LogP contribution in [0.4, 0.5) is 0 Å². The smallest absolute Gasteiger partial charge is 0.251 e. The summed E-state index contributed by atoms with van der Waals surface area (Å²) in [4.78, 5) is 22.6. The van der Waals surface area contributed by atoms with E-state index in [1.807, 2.05) is 0 Å². The number of halogens is 1. The van der Waals surface area contributed by atoms with Crippen LogP contribution in [-0.2, 0) is 4.79 Å². The van der Waals surface area contributed by atoms with E-state index in [4.69, 9.17) is 0 Å². The van der Waals surface area contributed by atoms with Crippen molar-refractivity contribution in [3.63, 3.8) is 0 Å². The minimum atomic E-state index is -0.529. The summed E-state index contributed by atoms with van der Waals surface area (Å²) < 4.78 is 0.517. The zero-order valence-corrected chi connectivity index (χ0v) is 10.5. The number of hydrogen-bond donors (Lipinski definition) is 2. The average Bonchev–Trinajstić information content (AvgIpc) is 2.21. The van der Waals surface area contributed by atoms with Crippen LogP contribution in [0.3, 0.4) is 0 Å². The summed E-state index contributed by atoms with van der Waals surface area (Å²) in [5.41, 5.74) is 0.314. The quantitative estimate of drug-likeness (QED) is 0.891. The maximum atomic E-state index is 11.6. The second-order valence-corrected chi connectivity index (χ2v) is 4.33. The summed E-state index contributed by atoms with van der Waals surface area (Å²) in [6, 6.07) is 3.94. The van der Waals surface area contributed by atoms with E-state index in [0.29, 0.717) is 10.0 Å². The van der Waals surface area contributed by atoms with E-state index in [1.54, 1.807) is 19.1 Å². The van der Waals surface area contributed by atoms with Crippen LogP contribution < -0.4 is 5.32 Å². The molecule has 0 saturated heterocycles. The van der Waals surface area contributed by atoms with Gasteiger partial charge in [-0.05, 0) is 48.0 Å². The van der Waals surface area contributed by atoms with E-state index in [9.17, 15) is 14.7 Å². The monoisotopic (exact) mass is 285 g/mol. The second kappa shape index (κ2) is 5.12. The van der Waals surface area contributed by atoms with Crippen LogP contribution in [0.25, 0.3) is 0 Å². The molecule has 0 aliphatic carbocycles. The van der Waals surface area contributed by atoms with Crippen molar-refractivity contribution in [3.8, 4) is 5.75 Å². The SMILES string of the molecule is CC(=O)C(C)NC(=O)c1ccc(Br)c(O)c1. The molecule has 4 nitrogen and oxygen atoms in total. The molecule has 1 amide bonds. The number of phenols is 1. The number of ketones is 1. The largest absolute Gasteiger partial charge is 0.507 e. The molecule has 0 aromatic heterocycles. The maximum absolute atomic E-state index is 11.6. The number of amides is 1. The first-order valence-corrected chi connectivity index (χ1v) is 5.51. The number of aromatic hydroxyl groups is 1. The summed E-state index contributed by atoms with van der Waals surface area (Å²) in [7, 11) is 0. The van der Waals surface area contributed by atoms with Gasteiger partial charge in [-0.25, -0.2) is 0 Å². The molecule has 5 heteroatoms. The van der Waals surface area contributed by atoms with Crippen molar-refractivity contribution in [2.45, 2.75) is 19.9 Å². The molecule has 16 heavy (non-hydrogen) atoms. The van der Waals surface area contributed by atoms with Crippen LogP contribution in [0, 0.1) is 0 Å². The third-order valence-electron chi connectivity index (χ3n) is 2.17. The highest BCUT2D eigenvalue weighted by atomic mass is 79.9. The molecule has 0 radical (unpaired) electrons. The van der Waals surface area contributed by atoms with Crippen molar-refractivity contribution >= 4 is 27.6 Å². The van der Waals surface area contributed by atoms with Crippen LogP contribution in [0.1, 0.15) is 24.2 Å². The Morgan fingerprint density at radius 2 is 2.06 bits per heavy atom. The van der Waals surface area contributed by atoms with Crippen molar-refractivity contribution in [1.29, 1.82) is 0 Å². The lowest BCUT2D eigenvalue weighted by Crippen LogP contribution is -2.37. The van der Waals surface area contributed by atoms with Crippen molar-refractivity contribution in [2.24, 2.45) is 0 Å². The van der Waals surface area contributed by atoms with Gasteiger partial charge in [-0.2, -0.15) is 0 Å². The fraction of sp³-hybridized carbons (Fsp3) is 0.273. The highest BCUT2D eigenvalue weighted by molar-refractivity contribution is 9.10. The lowest BCUT2D eigenvalue weighted by Gasteiger charge is -2.10. The van der Waals surface area contributed by atoms with Crippen LogP contribution >= 0.6 is 15.9 Å². The Labute approximate surface area is 102 Å². The molecule has 1 unspecified atom stereocenters. The van der Waals surface area contributed by atoms with Gasteiger partial charge in [0.05, 0.1) is 10.5 Å². The number of benzene rings is 1. The Balaban J connectivity index is 2.81. The van der Waals surface area contributed by atoms with Crippen molar-refractivity contribution in [1.82, 2.24) is 5.32 Å². The standard InChI is InChI=1S/C11H12BrNO3/c1-6(7(2)14)13-11(16)8-3-4-9(12)10(15)5-8/h3-6,15H,1-2H3,(H,13,16). The molecule has 1 aromatic carbocycles. The molecule has 0 fully saturated rings. The van der Waals surface area contributed by atoms with E-state index >= 15 is 0 Å². The highest BCUT2D eigenvalue weighted by Crippen LogP contribution is 2.24. The van der Waals surface area contributed by atoms with Crippen LogP contribution in [0.2, 0.25) is 0 Å².